The van der Waals surface area contributed by atoms with Crippen LogP contribution in [0.5, 0.6) is 0 Å². The first-order valence-corrected chi connectivity index (χ1v) is 7.33. The SMILES string of the molecule is NCC1(C(=O)NCC2CC(O)C2)CCCCCC1. The minimum absolute atomic E-state index is 0.145. The summed E-state index contributed by atoms with van der Waals surface area (Å²) >= 11 is 0. The lowest BCUT2D eigenvalue weighted by atomic mass is 9.78. The maximum Gasteiger partial charge on any atom is 0.227 e. The highest BCUT2D eigenvalue weighted by Crippen LogP contribution is 2.34. The minimum atomic E-state index is -0.321. The average Bonchev–Trinajstić information content (AvgIpc) is 2.59. The Bertz CT molecular complexity index is 280. The number of amides is 1. The molecule has 0 saturated heterocycles. The molecular weight excluding hydrogens is 228 g/mol. The molecule has 0 bridgehead atoms. The molecule has 0 unspecified atom stereocenters. The van der Waals surface area contributed by atoms with Crippen LogP contribution in [0.2, 0.25) is 0 Å². The molecule has 2 rings (SSSR count). The Morgan fingerprint density at radius 1 is 1.22 bits per heavy atom. The Hall–Kier alpha value is -0.610. The van der Waals surface area contributed by atoms with E-state index in [1.165, 1.54) is 12.8 Å². The van der Waals surface area contributed by atoms with Gasteiger partial charge in [0.15, 0.2) is 0 Å². The molecule has 0 heterocycles. The monoisotopic (exact) mass is 254 g/mol. The van der Waals surface area contributed by atoms with Crippen molar-refractivity contribution in [3.05, 3.63) is 0 Å². The molecule has 0 spiro atoms. The van der Waals surface area contributed by atoms with E-state index in [0.717, 1.165) is 38.5 Å². The van der Waals surface area contributed by atoms with E-state index in [9.17, 15) is 9.90 Å². The molecule has 0 radical (unpaired) electrons. The van der Waals surface area contributed by atoms with Gasteiger partial charge in [-0.15, -0.1) is 0 Å². The molecule has 4 N–H and O–H groups in total. The Balaban J connectivity index is 1.84. The normalized spacial score (nSPS) is 31.2. The maximum absolute atomic E-state index is 12.4. The van der Waals surface area contributed by atoms with Gasteiger partial charge in [0.25, 0.3) is 0 Å². The van der Waals surface area contributed by atoms with Gasteiger partial charge in [-0.2, -0.15) is 0 Å². The van der Waals surface area contributed by atoms with Gasteiger partial charge in [0, 0.05) is 13.1 Å². The first kappa shape index (κ1) is 13.8. The fourth-order valence-corrected chi connectivity index (χ4v) is 3.22. The molecule has 4 heteroatoms. The quantitative estimate of drug-likeness (QED) is 0.659. The molecule has 4 nitrogen and oxygen atoms in total. The second-order valence-corrected chi connectivity index (χ2v) is 6.10. The van der Waals surface area contributed by atoms with Crippen LogP contribution in [0.1, 0.15) is 51.4 Å². The largest absolute Gasteiger partial charge is 0.393 e. The van der Waals surface area contributed by atoms with Crippen LogP contribution < -0.4 is 11.1 Å². The van der Waals surface area contributed by atoms with Gasteiger partial charge in [-0.3, -0.25) is 4.79 Å². The number of nitrogens with one attached hydrogen (secondary N) is 1. The molecule has 0 aromatic carbocycles. The van der Waals surface area contributed by atoms with Crippen molar-refractivity contribution < 1.29 is 9.90 Å². The highest BCUT2D eigenvalue weighted by atomic mass is 16.3. The molecule has 2 aliphatic rings. The van der Waals surface area contributed by atoms with Crippen molar-refractivity contribution in [2.24, 2.45) is 17.1 Å². The molecule has 0 aromatic rings. The first-order valence-electron chi connectivity index (χ1n) is 7.33. The fourth-order valence-electron chi connectivity index (χ4n) is 3.22. The lowest BCUT2D eigenvalue weighted by Crippen LogP contribution is -2.48. The van der Waals surface area contributed by atoms with E-state index in [1.54, 1.807) is 0 Å². The highest BCUT2D eigenvalue weighted by Gasteiger charge is 2.38. The summed E-state index contributed by atoms with van der Waals surface area (Å²) in [7, 11) is 0. The number of carbonyl (C=O) groups excluding carboxylic acids is 1. The van der Waals surface area contributed by atoms with Gasteiger partial charge in [-0.05, 0) is 31.6 Å². The van der Waals surface area contributed by atoms with Crippen molar-refractivity contribution in [2.75, 3.05) is 13.1 Å². The number of nitrogens with two attached hydrogens (primary N) is 1. The summed E-state index contributed by atoms with van der Waals surface area (Å²) in [6, 6.07) is 0. The first-order chi connectivity index (χ1) is 8.66. The van der Waals surface area contributed by atoms with Crippen LogP contribution >= 0.6 is 0 Å². The zero-order valence-corrected chi connectivity index (χ0v) is 11.2. The molecule has 0 aliphatic heterocycles. The third kappa shape index (κ3) is 3.04. The van der Waals surface area contributed by atoms with Gasteiger partial charge in [0.2, 0.25) is 5.91 Å². The van der Waals surface area contributed by atoms with Gasteiger partial charge in [-0.25, -0.2) is 0 Å². The molecule has 0 aromatic heterocycles. The number of hydrogen-bond acceptors (Lipinski definition) is 3. The molecule has 2 saturated carbocycles. The number of hydrogen-bond donors (Lipinski definition) is 3. The topological polar surface area (TPSA) is 75.4 Å². The second kappa shape index (κ2) is 6.02. The lowest BCUT2D eigenvalue weighted by Gasteiger charge is -2.34. The van der Waals surface area contributed by atoms with Gasteiger partial charge in [-0.1, -0.05) is 25.7 Å². The van der Waals surface area contributed by atoms with Crippen molar-refractivity contribution in [2.45, 2.75) is 57.5 Å². The molecule has 2 aliphatic carbocycles. The predicted octanol–water partition coefficient (Wildman–Crippen LogP) is 1.17. The maximum atomic E-state index is 12.4. The third-order valence-corrected chi connectivity index (χ3v) is 4.70. The van der Waals surface area contributed by atoms with Gasteiger partial charge >= 0.3 is 0 Å². The standard InChI is InChI=1S/C14H26N2O2/c15-10-14(5-3-1-2-4-6-14)13(18)16-9-11-7-12(17)8-11/h11-12,17H,1-10,15H2,(H,16,18). The predicted molar refractivity (Wildman–Crippen MR) is 70.9 cm³/mol. The van der Waals surface area contributed by atoms with E-state index in [-0.39, 0.29) is 17.4 Å². The summed E-state index contributed by atoms with van der Waals surface area (Å²) in [4.78, 5) is 12.4. The summed E-state index contributed by atoms with van der Waals surface area (Å²) in [6.45, 7) is 1.17. The Morgan fingerprint density at radius 3 is 2.33 bits per heavy atom. The van der Waals surface area contributed by atoms with Crippen molar-refractivity contribution in [3.63, 3.8) is 0 Å². The van der Waals surface area contributed by atoms with Gasteiger partial charge < -0.3 is 16.2 Å². The summed E-state index contributed by atoms with van der Waals surface area (Å²) in [5.74, 6) is 0.609. The summed E-state index contributed by atoms with van der Waals surface area (Å²) in [6.07, 6.45) is 8.07. The van der Waals surface area contributed by atoms with E-state index in [0.29, 0.717) is 19.0 Å². The van der Waals surface area contributed by atoms with E-state index in [2.05, 4.69) is 5.32 Å². The second-order valence-electron chi connectivity index (χ2n) is 6.10. The number of aliphatic hydroxyl groups excluding tert-OH is 1. The fraction of sp³-hybridized carbons (Fsp3) is 0.929. The molecule has 0 atom stereocenters. The van der Waals surface area contributed by atoms with E-state index < -0.39 is 0 Å². The molecular formula is C14H26N2O2. The van der Waals surface area contributed by atoms with Crippen LogP contribution in [0.4, 0.5) is 0 Å². The zero-order chi connectivity index (χ0) is 13.0. The van der Waals surface area contributed by atoms with Crippen LogP contribution in [-0.2, 0) is 4.79 Å². The Kier molecular flexibility index (Phi) is 4.62. The van der Waals surface area contributed by atoms with Crippen LogP contribution in [0, 0.1) is 11.3 Å². The smallest absolute Gasteiger partial charge is 0.227 e. The molecule has 2 fully saturated rings. The van der Waals surface area contributed by atoms with Crippen LogP contribution in [0.3, 0.4) is 0 Å². The van der Waals surface area contributed by atoms with Gasteiger partial charge in [0.1, 0.15) is 0 Å². The number of carbonyl (C=O) groups is 1. The van der Waals surface area contributed by atoms with E-state index in [4.69, 9.17) is 5.73 Å². The molecule has 104 valence electrons. The third-order valence-electron chi connectivity index (χ3n) is 4.70. The summed E-state index contributed by atoms with van der Waals surface area (Å²) in [5, 5.41) is 12.3. The van der Waals surface area contributed by atoms with Crippen LogP contribution in [0.25, 0.3) is 0 Å². The lowest BCUT2D eigenvalue weighted by molar-refractivity contribution is -0.132. The van der Waals surface area contributed by atoms with E-state index >= 15 is 0 Å². The summed E-state index contributed by atoms with van der Waals surface area (Å²) in [5.41, 5.74) is 5.56. The summed E-state index contributed by atoms with van der Waals surface area (Å²) < 4.78 is 0. The highest BCUT2D eigenvalue weighted by molar-refractivity contribution is 5.82. The van der Waals surface area contributed by atoms with Crippen molar-refractivity contribution in [1.82, 2.24) is 5.32 Å². The Morgan fingerprint density at radius 2 is 1.83 bits per heavy atom. The van der Waals surface area contributed by atoms with Crippen molar-refractivity contribution >= 4 is 5.91 Å². The van der Waals surface area contributed by atoms with Crippen molar-refractivity contribution in [1.29, 1.82) is 0 Å². The van der Waals surface area contributed by atoms with E-state index in [1.807, 2.05) is 0 Å². The van der Waals surface area contributed by atoms with Gasteiger partial charge in [0.05, 0.1) is 11.5 Å². The number of aliphatic hydroxyl groups is 1. The molecule has 18 heavy (non-hydrogen) atoms. The van der Waals surface area contributed by atoms with Crippen LogP contribution in [-0.4, -0.2) is 30.2 Å². The van der Waals surface area contributed by atoms with Crippen molar-refractivity contribution in [3.8, 4) is 0 Å². The number of rotatable bonds is 4. The minimum Gasteiger partial charge on any atom is -0.393 e. The zero-order valence-electron chi connectivity index (χ0n) is 11.2. The van der Waals surface area contributed by atoms with Crippen LogP contribution in [0.15, 0.2) is 0 Å². The molecule has 1 amide bonds. The average molecular weight is 254 g/mol. The Labute approximate surface area is 109 Å².